The summed E-state index contributed by atoms with van der Waals surface area (Å²) >= 11 is 13.0. The minimum absolute atomic E-state index is 0.165. The van der Waals surface area contributed by atoms with Crippen LogP contribution in [0, 0.1) is 5.82 Å². The number of ether oxygens (including phenoxy) is 2. The Hall–Kier alpha value is -2.10. The Morgan fingerprint density at radius 3 is 2.49 bits per heavy atom. The van der Waals surface area contributed by atoms with Crippen LogP contribution < -0.4 is 9.64 Å². The van der Waals surface area contributed by atoms with E-state index in [9.17, 15) is 4.79 Å². The van der Waals surface area contributed by atoms with Gasteiger partial charge in [0.2, 0.25) is 5.88 Å². The van der Waals surface area contributed by atoms with Gasteiger partial charge in [0.1, 0.15) is 17.5 Å². The van der Waals surface area contributed by atoms with E-state index >= 15 is 4.39 Å². The molecule has 0 aliphatic carbocycles. The fourth-order valence-electron chi connectivity index (χ4n) is 5.39. The van der Waals surface area contributed by atoms with Gasteiger partial charge < -0.3 is 19.3 Å². The molecule has 11 heteroatoms. The number of hydrogen-bond donors (Lipinski definition) is 0. The summed E-state index contributed by atoms with van der Waals surface area (Å²) in [7, 11) is 3.91. The van der Waals surface area contributed by atoms with E-state index in [-0.39, 0.29) is 45.7 Å². The lowest BCUT2D eigenvalue weighted by atomic mass is 9.92. The van der Waals surface area contributed by atoms with Gasteiger partial charge in [0, 0.05) is 19.5 Å². The van der Waals surface area contributed by atoms with Gasteiger partial charge in [-0.15, -0.1) is 0 Å². The molecule has 1 fully saturated rings. The number of piperazine rings is 1. The van der Waals surface area contributed by atoms with E-state index in [1.54, 1.807) is 0 Å². The Morgan fingerprint density at radius 1 is 1.22 bits per heavy atom. The van der Waals surface area contributed by atoms with Crippen molar-refractivity contribution in [2.45, 2.75) is 84.2 Å². The first kappa shape index (κ1) is 27.9. The van der Waals surface area contributed by atoms with Gasteiger partial charge in [-0.25, -0.2) is 14.2 Å². The van der Waals surface area contributed by atoms with Crippen molar-refractivity contribution in [1.82, 2.24) is 19.8 Å². The molecule has 2 aromatic rings. The average molecular weight is 557 g/mol. The van der Waals surface area contributed by atoms with E-state index < -0.39 is 17.5 Å². The molecular weight excluding hydrogens is 520 g/mol. The van der Waals surface area contributed by atoms with Crippen molar-refractivity contribution in [3.8, 4) is 5.88 Å². The van der Waals surface area contributed by atoms with Crippen molar-refractivity contribution >= 4 is 45.9 Å². The number of likely N-dealkylation sites (N-methyl/N-ethyl adjacent to an activating group) is 1. The van der Waals surface area contributed by atoms with Gasteiger partial charge >= 0.3 is 6.09 Å². The number of nitrogens with zero attached hydrogens (tertiary/aromatic N) is 5. The molecule has 8 nitrogen and oxygen atoms in total. The van der Waals surface area contributed by atoms with Crippen LogP contribution in [0.5, 0.6) is 5.88 Å². The van der Waals surface area contributed by atoms with Gasteiger partial charge in [0.05, 0.1) is 39.6 Å². The van der Waals surface area contributed by atoms with Gasteiger partial charge in [-0.05, 0) is 55.1 Å². The molecule has 4 heterocycles. The highest BCUT2D eigenvalue weighted by Crippen LogP contribution is 2.46. The molecule has 1 saturated heterocycles. The molecule has 4 atom stereocenters. The first-order chi connectivity index (χ1) is 17.2. The Balaban J connectivity index is 1.91. The first-order valence-corrected chi connectivity index (χ1v) is 13.5. The molecule has 1 amide bonds. The molecule has 2 aromatic heterocycles. The zero-order chi connectivity index (χ0) is 27.4. The number of carbonyl (C=O) groups is 1. The Kier molecular flexibility index (Phi) is 7.72. The van der Waals surface area contributed by atoms with E-state index in [1.165, 1.54) is 0 Å². The second kappa shape index (κ2) is 10.2. The number of fused-ring (bicyclic) bond motifs is 2. The highest BCUT2D eigenvalue weighted by molar-refractivity contribution is 6.38. The van der Waals surface area contributed by atoms with Crippen LogP contribution in [0.15, 0.2) is 0 Å². The Bertz CT molecular complexity index is 1210. The average Bonchev–Trinajstić information content (AvgIpc) is 2.89. The van der Waals surface area contributed by atoms with Crippen LogP contribution in [0.2, 0.25) is 10.2 Å². The smallest absolute Gasteiger partial charge is 0.410 e. The summed E-state index contributed by atoms with van der Waals surface area (Å²) in [6.45, 7) is 12.6. The molecule has 0 N–H and O–H groups in total. The van der Waals surface area contributed by atoms with Crippen molar-refractivity contribution in [3.63, 3.8) is 0 Å². The molecule has 0 aromatic carbocycles. The molecule has 2 aliphatic rings. The zero-order valence-corrected chi connectivity index (χ0v) is 24.2. The zero-order valence-electron chi connectivity index (χ0n) is 22.7. The summed E-state index contributed by atoms with van der Waals surface area (Å²) in [6, 6.07) is -0.739. The summed E-state index contributed by atoms with van der Waals surface area (Å²) in [6.07, 6.45) is 0.392. The second-order valence-corrected chi connectivity index (χ2v) is 11.9. The maximum atomic E-state index is 15.5. The molecule has 4 rings (SSSR count). The van der Waals surface area contributed by atoms with Crippen molar-refractivity contribution in [3.05, 3.63) is 21.7 Å². The van der Waals surface area contributed by atoms with Crippen molar-refractivity contribution in [1.29, 1.82) is 0 Å². The van der Waals surface area contributed by atoms with Gasteiger partial charge in [-0.1, -0.05) is 30.1 Å². The molecular formula is C26H36Cl2FN5O3. The highest BCUT2D eigenvalue weighted by Gasteiger charge is 2.49. The number of hydrogen-bond acceptors (Lipinski definition) is 7. The molecule has 2 aliphatic heterocycles. The van der Waals surface area contributed by atoms with Crippen LogP contribution in [0.25, 0.3) is 10.8 Å². The number of rotatable bonds is 4. The number of pyridine rings is 2. The quantitative estimate of drug-likeness (QED) is 0.457. The van der Waals surface area contributed by atoms with Crippen LogP contribution in [-0.2, 0) is 11.2 Å². The fourth-order valence-corrected chi connectivity index (χ4v) is 5.88. The monoisotopic (exact) mass is 555 g/mol. The largest absolute Gasteiger partial charge is 0.472 e. The lowest BCUT2D eigenvalue weighted by molar-refractivity contribution is -0.0123. The first-order valence-electron chi connectivity index (χ1n) is 12.7. The van der Waals surface area contributed by atoms with Crippen LogP contribution in [0.4, 0.5) is 15.0 Å². The van der Waals surface area contributed by atoms with E-state index in [4.69, 9.17) is 37.7 Å². The Morgan fingerprint density at radius 2 is 1.89 bits per heavy atom. The SMILES string of the molecule is CC[C@H]1[C@H]2C(C)Oc3nc(Cl)c(F)c4c(Cl)c(CCN(C)C)nc(c34)N2CC(C)N1C(=O)OC(C)(C)C. The van der Waals surface area contributed by atoms with Gasteiger partial charge in [-0.2, -0.15) is 4.98 Å². The molecule has 0 saturated carbocycles. The molecule has 2 unspecified atom stereocenters. The van der Waals surface area contributed by atoms with Crippen molar-refractivity contribution < 1.29 is 18.7 Å². The number of anilines is 1. The van der Waals surface area contributed by atoms with Crippen molar-refractivity contribution in [2.75, 3.05) is 32.1 Å². The fraction of sp³-hybridized carbons (Fsp3) is 0.654. The lowest BCUT2D eigenvalue weighted by Gasteiger charge is -2.51. The Labute approximate surface area is 228 Å². The summed E-state index contributed by atoms with van der Waals surface area (Å²) in [5.74, 6) is 0.0512. The maximum Gasteiger partial charge on any atom is 0.410 e. The number of halogens is 3. The van der Waals surface area contributed by atoms with Crippen LogP contribution in [0.1, 0.15) is 53.7 Å². The lowest BCUT2D eigenvalue weighted by Crippen LogP contribution is -2.68. The maximum absolute atomic E-state index is 15.5. The van der Waals surface area contributed by atoms with Crippen molar-refractivity contribution in [2.24, 2.45) is 0 Å². The molecule has 204 valence electrons. The molecule has 0 bridgehead atoms. The molecule has 0 radical (unpaired) electrons. The summed E-state index contributed by atoms with van der Waals surface area (Å²) in [5.41, 5.74) is -0.0501. The third-order valence-corrected chi connectivity index (χ3v) is 7.58. The van der Waals surface area contributed by atoms with Gasteiger partial charge in [-0.3, -0.25) is 4.90 Å². The summed E-state index contributed by atoms with van der Waals surface area (Å²) in [5, 5.41) is 0.481. The molecule has 0 spiro atoms. The third kappa shape index (κ3) is 5.14. The third-order valence-electron chi connectivity index (χ3n) is 6.92. The van der Waals surface area contributed by atoms with E-state index in [1.807, 2.05) is 65.4 Å². The van der Waals surface area contributed by atoms with Crippen LogP contribution in [-0.4, -0.2) is 82.9 Å². The topological polar surface area (TPSA) is 71.0 Å². The van der Waals surface area contributed by atoms with Crippen LogP contribution >= 0.6 is 23.2 Å². The normalized spacial score (nSPS) is 23.7. The van der Waals surface area contributed by atoms with E-state index in [0.29, 0.717) is 42.8 Å². The van der Waals surface area contributed by atoms with Gasteiger partial charge in [0.15, 0.2) is 11.0 Å². The van der Waals surface area contributed by atoms with E-state index in [2.05, 4.69) is 9.88 Å². The molecule has 37 heavy (non-hydrogen) atoms. The summed E-state index contributed by atoms with van der Waals surface area (Å²) in [4.78, 5) is 28.5. The standard InChI is InChI=1S/C26H36Cl2FN5O3/c1-9-16-21-14(3)36-24-18-17(20(29)22(28)31-24)19(27)15(10-11-32(7)8)30-23(18)33(21)12-13(2)34(16)25(35)37-26(4,5)6/h13-14,16,21H,9-12H2,1-8H3/t13?,14?,16-,21+/m0/s1. The van der Waals surface area contributed by atoms with E-state index in [0.717, 1.165) is 0 Å². The van der Waals surface area contributed by atoms with Crippen LogP contribution in [0.3, 0.4) is 0 Å². The number of amides is 1. The predicted molar refractivity (Wildman–Crippen MR) is 145 cm³/mol. The minimum atomic E-state index is -0.692. The number of carbonyl (C=O) groups excluding carboxylic acids is 1. The second-order valence-electron chi connectivity index (χ2n) is 11.2. The summed E-state index contributed by atoms with van der Waals surface area (Å²) < 4.78 is 27.6. The highest BCUT2D eigenvalue weighted by atomic mass is 35.5. The van der Waals surface area contributed by atoms with Gasteiger partial charge in [0.25, 0.3) is 0 Å². The number of aromatic nitrogens is 2. The predicted octanol–water partition coefficient (Wildman–Crippen LogP) is 5.55. The minimum Gasteiger partial charge on any atom is -0.472 e.